The molecule has 1 heterocycles. The van der Waals surface area contributed by atoms with Crippen molar-refractivity contribution in [2.45, 2.75) is 32.0 Å². The van der Waals surface area contributed by atoms with E-state index < -0.39 is 17.7 Å². The van der Waals surface area contributed by atoms with Crippen LogP contribution in [0.1, 0.15) is 38.3 Å². The van der Waals surface area contributed by atoms with Crippen molar-refractivity contribution in [2.75, 3.05) is 13.2 Å². The lowest BCUT2D eigenvalue weighted by Crippen LogP contribution is -2.49. The van der Waals surface area contributed by atoms with Crippen LogP contribution in [0.5, 0.6) is 0 Å². The van der Waals surface area contributed by atoms with Gasteiger partial charge in [0.05, 0.1) is 24.0 Å². The molecular formula is C21H21ClO5. The second kappa shape index (κ2) is 8.21. The molecule has 0 amide bonds. The number of Topliss-reactive ketones (excluding diaryl/α,β-unsaturated/α-hetero) is 1. The molecule has 5 nitrogen and oxygen atoms in total. The summed E-state index contributed by atoms with van der Waals surface area (Å²) in [4.78, 5) is 25.5. The van der Waals surface area contributed by atoms with Gasteiger partial charge in [-0.25, -0.2) is 4.79 Å². The topological polar surface area (TPSA) is 61.8 Å². The minimum atomic E-state index is -1.39. The number of hydrogen-bond acceptors (Lipinski definition) is 5. The zero-order valence-corrected chi connectivity index (χ0v) is 16.0. The monoisotopic (exact) mass is 388 g/mol. The summed E-state index contributed by atoms with van der Waals surface area (Å²) in [5.41, 5.74) is 1.22. The number of hydrogen-bond donors (Lipinski definition) is 0. The quantitative estimate of drug-likeness (QED) is 0.552. The third kappa shape index (κ3) is 3.76. The maximum absolute atomic E-state index is 13.2. The third-order valence-corrected chi connectivity index (χ3v) is 5.23. The average molecular weight is 389 g/mol. The van der Waals surface area contributed by atoms with E-state index in [4.69, 9.17) is 25.6 Å². The van der Waals surface area contributed by atoms with E-state index in [1.54, 1.807) is 24.3 Å². The van der Waals surface area contributed by atoms with Crippen LogP contribution in [0.2, 0.25) is 0 Å². The van der Waals surface area contributed by atoms with Gasteiger partial charge in [-0.2, -0.15) is 0 Å². The van der Waals surface area contributed by atoms with Crippen LogP contribution in [0.25, 0.3) is 0 Å². The minimum Gasteiger partial charge on any atom is -0.459 e. The summed E-state index contributed by atoms with van der Waals surface area (Å²) in [5.74, 6) is -0.750. The molecule has 1 aliphatic heterocycles. The Labute approximate surface area is 163 Å². The van der Waals surface area contributed by atoms with Gasteiger partial charge in [-0.3, -0.25) is 9.08 Å². The van der Waals surface area contributed by atoms with E-state index in [-0.39, 0.29) is 25.4 Å². The van der Waals surface area contributed by atoms with E-state index in [1.165, 1.54) is 0 Å². The Kier molecular flexibility index (Phi) is 5.95. The SMILES string of the molecule is Cc1ccccc1C(=O)OC[C@H]1OCC[C@@]1(OCl)C(=O)c1ccccc1C. The first-order valence-corrected chi connectivity index (χ1v) is 9.05. The lowest BCUT2D eigenvalue weighted by atomic mass is 9.85. The molecule has 0 bridgehead atoms. The highest BCUT2D eigenvalue weighted by Crippen LogP contribution is 2.35. The zero-order chi connectivity index (χ0) is 19.4. The number of rotatable bonds is 6. The lowest BCUT2D eigenvalue weighted by Gasteiger charge is -2.29. The molecule has 142 valence electrons. The first-order valence-electron chi connectivity index (χ1n) is 8.74. The summed E-state index contributed by atoms with van der Waals surface area (Å²) in [6.07, 6.45) is -0.494. The second-order valence-corrected chi connectivity index (χ2v) is 6.79. The maximum atomic E-state index is 13.2. The molecule has 0 spiro atoms. The van der Waals surface area contributed by atoms with E-state index in [1.807, 2.05) is 38.1 Å². The first-order chi connectivity index (χ1) is 13.0. The van der Waals surface area contributed by atoms with Crippen molar-refractivity contribution in [3.05, 3.63) is 70.8 Å². The maximum Gasteiger partial charge on any atom is 0.338 e. The Bertz CT molecular complexity index is 850. The molecule has 1 aliphatic rings. The van der Waals surface area contributed by atoms with Crippen molar-refractivity contribution >= 4 is 23.6 Å². The number of ketones is 1. The van der Waals surface area contributed by atoms with Crippen LogP contribution >= 0.6 is 11.9 Å². The molecular weight excluding hydrogens is 368 g/mol. The lowest BCUT2D eigenvalue weighted by molar-refractivity contribution is -0.0375. The van der Waals surface area contributed by atoms with E-state index in [0.717, 1.165) is 11.1 Å². The van der Waals surface area contributed by atoms with Gasteiger partial charge in [0.25, 0.3) is 0 Å². The van der Waals surface area contributed by atoms with Crippen molar-refractivity contribution < 1.29 is 23.4 Å². The van der Waals surface area contributed by atoms with Gasteiger partial charge in [0, 0.05) is 12.0 Å². The summed E-state index contributed by atoms with van der Waals surface area (Å²) in [6, 6.07) is 14.3. The molecule has 1 fully saturated rings. The number of benzene rings is 2. The highest BCUT2D eigenvalue weighted by atomic mass is 35.5. The van der Waals surface area contributed by atoms with Gasteiger partial charge < -0.3 is 9.47 Å². The Morgan fingerprint density at radius 1 is 1.07 bits per heavy atom. The number of esters is 1. The van der Waals surface area contributed by atoms with Gasteiger partial charge in [0.1, 0.15) is 12.7 Å². The van der Waals surface area contributed by atoms with Crippen molar-refractivity contribution in [1.29, 1.82) is 0 Å². The smallest absolute Gasteiger partial charge is 0.338 e. The first kappa shape index (κ1) is 19.5. The van der Waals surface area contributed by atoms with Crippen LogP contribution < -0.4 is 0 Å². The number of halogens is 1. The van der Waals surface area contributed by atoms with Crippen molar-refractivity contribution in [2.24, 2.45) is 0 Å². The zero-order valence-electron chi connectivity index (χ0n) is 15.2. The summed E-state index contributed by atoms with van der Waals surface area (Å²) in [5, 5.41) is 0. The van der Waals surface area contributed by atoms with Gasteiger partial charge in [0.2, 0.25) is 0 Å². The van der Waals surface area contributed by atoms with Crippen LogP contribution in [0.15, 0.2) is 48.5 Å². The molecule has 0 N–H and O–H groups in total. The van der Waals surface area contributed by atoms with Crippen LogP contribution in [-0.2, 0) is 13.8 Å². The fourth-order valence-electron chi connectivity index (χ4n) is 3.30. The average Bonchev–Trinajstić information content (AvgIpc) is 3.10. The molecule has 2 aromatic rings. The molecule has 6 heteroatoms. The van der Waals surface area contributed by atoms with Crippen molar-refractivity contribution in [1.82, 2.24) is 0 Å². The summed E-state index contributed by atoms with van der Waals surface area (Å²) in [6.45, 7) is 3.84. The second-order valence-electron chi connectivity index (χ2n) is 6.63. The number of carbonyl (C=O) groups is 2. The molecule has 2 aromatic carbocycles. The summed E-state index contributed by atoms with van der Waals surface area (Å²) in [7, 11) is 0. The van der Waals surface area contributed by atoms with Gasteiger partial charge in [-0.05, 0) is 31.0 Å². The van der Waals surface area contributed by atoms with Crippen LogP contribution in [0.4, 0.5) is 0 Å². The number of carbonyl (C=O) groups excluding carboxylic acids is 2. The van der Waals surface area contributed by atoms with Crippen molar-refractivity contribution in [3.63, 3.8) is 0 Å². The normalized spacial score (nSPS) is 21.8. The van der Waals surface area contributed by atoms with Gasteiger partial charge >= 0.3 is 5.97 Å². The predicted octanol–water partition coefficient (Wildman–Crippen LogP) is 4.04. The third-order valence-electron chi connectivity index (χ3n) is 4.96. The molecule has 0 aliphatic carbocycles. The van der Waals surface area contributed by atoms with Gasteiger partial charge in [0.15, 0.2) is 11.4 Å². The molecule has 1 saturated heterocycles. The van der Waals surface area contributed by atoms with Gasteiger partial charge in [-0.15, -0.1) is 0 Å². The fraction of sp³-hybridized carbons (Fsp3) is 0.333. The predicted molar refractivity (Wildman–Crippen MR) is 101 cm³/mol. The van der Waals surface area contributed by atoms with E-state index >= 15 is 0 Å². The molecule has 27 heavy (non-hydrogen) atoms. The Hall–Kier alpha value is -2.21. The molecule has 0 unspecified atom stereocenters. The molecule has 3 rings (SSSR count). The molecule has 0 radical (unpaired) electrons. The molecule has 2 atom stereocenters. The summed E-state index contributed by atoms with van der Waals surface area (Å²) < 4.78 is 16.2. The Morgan fingerprint density at radius 3 is 2.26 bits per heavy atom. The standard InChI is InChI=1S/C21H21ClO5/c1-14-7-3-5-9-16(14)19(23)21(27-22)11-12-25-18(21)13-26-20(24)17-10-6-4-8-15(17)2/h3-10,18H,11-13H2,1-2H3/t18-,21+/m1/s1. The van der Waals surface area contributed by atoms with Crippen LogP contribution in [0.3, 0.4) is 0 Å². The summed E-state index contributed by atoms with van der Waals surface area (Å²) >= 11 is 5.77. The Morgan fingerprint density at radius 2 is 1.67 bits per heavy atom. The van der Waals surface area contributed by atoms with Gasteiger partial charge in [-0.1, -0.05) is 42.5 Å². The van der Waals surface area contributed by atoms with E-state index in [0.29, 0.717) is 11.1 Å². The number of ether oxygens (including phenoxy) is 2. The van der Waals surface area contributed by atoms with Crippen molar-refractivity contribution in [3.8, 4) is 0 Å². The number of aryl methyl sites for hydroxylation is 2. The van der Waals surface area contributed by atoms with E-state index in [2.05, 4.69) is 0 Å². The van der Waals surface area contributed by atoms with Crippen LogP contribution in [-0.4, -0.2) is 36.7 Å². The van der Waals surface area contributed by atoms with Crippen LogP contribution in [0, 0.1) is 13.8 Å². The highest BCUT2D eigenvalue weighted by molar-refractivity contribution is 6.12. The Balaban J connectivity index is 1.78. The molecule has 0 aromatic heterocycles. The minimum absolute atomic E-state index is 0.127. The highest BCUT2D eigenvalue weighted by Gasteiger charge is 2.53. The molecule has 0 saturated carbocycles. The van der Waals surface area contributed by atoms with E-state index in [9.17, 15) is 9.59 Å². The fourth-order valence-corrected chi connectivity index (χ4v) is 3.55. The largest absolute Gasteiger partial charge is 0.459 e.